The molecule has 0 aromatic carbocycles. The van der Waals surface area contributed by atoms with Gasteiger partial charge in [0.2, 0.25) is 0 Å². The summed E-state index contributed by atoms with van der Waals surface area (Å²) in [7, 11) is 1.89. The summed E-state index contributed by atoms with van der Waals surface area (Å²) in [6.45, 7) is 2.05. The number of halogens is 2. The van der Waals surface area contributed by atoms with Crippen LogP contribution in [0.15, 0.2) is 22.8 Å². The van der Waals surface area contributed by atoms with Gasteiger partial charge in [0.15, 0.2) is 0 Å². The van der Waals surface area contributed by atoms with Crippen LogP contribution in [-0.2, 0) is 19.9 Å². The van der Waals surface area contributed by atoms with E-state index in [2.05, 4.69) is 32.9 Å². The van der Waals surface area contributed by atoms with Crippen LogP contribution in [0.4, 0.5) is 4.39 Å². The lowest BCUT2D eigenvalue weighted by Crippen LogP contribution is -2.17. The molecule has 102 valence electrons. The molecule has 0 saturated carbocycles. The smallest absolute Gasteiger partial charge is 0.141 e. The SMILES string of the molecule is CCc1nn(C)c(CC(N)c2ccc(F)cn2)c1Br. The Labute approximate surface area is 120 Å². The number of nitrogens with zero attached hydrogens (tertiary/aromatic N) is 3. The van der Waals surface area contributed by atoms with Crippen LogP contribution in [0, 0.1) is 5.82 Å². The molecule has 19 heavy (non-hydrogen) atoms. The number of aryl methyl sites for hydroxylation is 2. The molecular formula is C13H16BrFN4. The van der Waals surface area contributed by atoms with Gasteiger partial charge in [0.05, 0.1) is 33.8 Å². The maximum absolute atomic E-state index is 12.8. The van der Waals surface area contributed by atoms with Gasteiger partial charge in [-0.3, -0.25) is 9.67 Å². The number of rotatable bonds is 4. The molecule has 0 saturated heterocycles. The molecule has 2 rings (SSSR count). The zero-order valence-electron chi connectivity index (χ0n) is 10.9. The first-order valence-electron chi connectivity index (χ1n) is 6.10. The molecule has 2 heterocycles. The second kappa shape index (κ2) is 5.79. The van der Waals surface area contributed by atoms with Crippen molar-refractivity contribution in [2.45, 2.75) is 25.8 Å². The third kappa shape index (κ3) is 3.01. The lowest BCUT2D eigenvalue weighted by molar-refractivity contribution is 0.602. The molecule has 2 aromatic rings. The highest BCUT2D eigenvalue weighted by Gasteiger charge is 2.17. The van der Waals surface area contributed by atoms with E-state index in [4.69, 9.17) is 5.73 Å². The molecule has 0 spiro atoms. The quantitative estimate of drug-likeness (QED) is 0.939. The lowest BCUT2D eigenvalue weighted by atomic mass is 10.1. The molecule has 0 aliphatic rings. The van der Waals surface area contributed by atoms with Crippen LogP contribution in [0.3, 0.4) is 0 Å². The Bertz CT molecular complexity index is 565. The number of hydrogen-bond acceptors (Lipinski definition) is 3. The molecule has 0 amide bonds. The summed E-state index contributed by atoms with van der Waals surface area (Å²) in [6.07, 6.45) is 2.64. The predicted molar refractivity (Wildman–Crippen MR) is 75.1 cm³/mol. The third-order valence-electron chi connectivity index (χ3n) is 3.05. The molecule has 0 radical (unpaired) electrons. The minimum Gasteiger partial charge on any atom is -0.322 e. The Morgan fingerprint density at radius 3 is 2.74 bits per heavy atom. The topological polar surface area (TPSA) is 56.7 Å². The predicted octanol–water partition coefficient (Wildman–Crippen LogP) is 2.52. The highest BCUT2D eigenvalue weighted by atomic mass is 79.9. The summed E-state index contributed by atoms with van der Waals surface area (Å²) in [5.74, 6) is -0.356. The molecule has 0 fully saturated rings. The second-order valence-electron chi connectivity index (χ2n) is 4.40. The van der Waals surface area contributed by atoms with Gasteiger partial charge in [-0.2, -0.15) is 5.10 Å². The fourth-order valence-electron chi connectivity index (χ4n) is 1.96. The summed E-state index contributed by atoms with van der Waals surface area (Å²) in [5.41, 5.74) is 8.83. The number of pyridine rings is 1. The fraction of sp³-hybridized carbons (Fsp3) is 0.385. The van der Waals surface area contributed by atoms with E-state index in [1.54, 1.807) is 6.07 Å². The maximum atomic E-state index is 12.8. The van der Waals surface area contributed by atoms with E-state index in [-0.39, 0.29) is 11.9 Å². The first kappa shape index (κ1) is 14.1. The van der Waals surface area contributed by atoms with E-state index in [0.717, 1.165) is 22.3 Å². The molecule has 1 atom stereocenters. The monoisotopic (exact) mass is 326 g/mol. The van der Waals surface area contributed by atoms with Crippen molar-refractivity contribution in [3.05, 3.63) is 45.7 Å². The largest absolute Gasteiger partial charge is 0.322 e. The van der Waals surface area contributed by atoms with Crippen molar-refractivity contribution in [3.63, 3.8) is 0 Å². The van der Waals surface area contributed by atoms with Gasteiger partial charge in [0.25, 0.3) is 0 Å². The highest BCUT2D eigenvalue weighted by molar-refractivity contribution is 9.10. The maximum Gasteiger partial charge on any atom is 0.141 e. The van der Waals surface area contributed by atoms with Crippen molar-refractivity contribution in [3.8, 4) is 0 Å². The minimum absolute atomic E-state index is 0.281. The van der Waals surface area contributed by atoms with Gasteiger partial charge in [-0.05, 0) is 34.5 Å². The zero-order valence-corrected chi connectivity index (χ0v) is 12.5. The molecular weight excluding hydrogens is 311 g/mol. The molecule has 2 N–H and O–H groups in total. The van der Waals surface area contributed by atoms with E-state index in [1.807, 2.05) is 11.7 Å². The standard InChI is InChI=1S/C13H16BrFN4/c1-3-10-13(14)12(19(2)18-10)6-9(16)11-5-4-8(15)7-17-11/h4-5,7,9H,3,6,16H2,1-2H3. The Kier molecular flexibility index (Phi) is 4.31. The van der Waals surface area contributed by atoms with Crippen molar-refractivity contribution < 1.29 is 4.39 Å². The summed E-state index contributed by atoms with van der Waals surface area (Å²) in [6, 6.07) is 2.71. The highest BCUT2D eigenvalue weighted by Crippen LogP contribution is 2.25. The van der Waals surface area contributed by atoms with Crippen molar-refractivity contribution in [1.29, 1.82) is 0 Å². The number of aromatic nitrogens is 3. The van der Waals surface area contributed by atoms with Gasteiger partial charge in [-0.15, -0.1) is 0 Å². The van der Waals surface area contributed by atoms with Crippen molar-refractivity contribution in [2.75, 3.05) is 0 Å². The fourth-order valence-corrected chi connectivity index (χ4v) is 2.74. The first-order chi connectivity index (χ1) is 9.02. The van der Waals surface area contributed by atoms with Crippen LogP contribution in [0.5, 0.6) is 0 Å². The molecule has 0 aliphatic carbocycles. The molecule has 0 bridgehead atoms. The molecule has 0 aliphatic heterocycles. The Hall–Kier alpha value is -1.27. The third-order valence-corrected chi connectivity index (χ3v) is 3.96. The van der Waals surface area contributed by atoms with Gasteiger partial charge >= 0.3 is 0 Å². The molecule has 1 unspecified atom stereocenters. The summed E-state index contributed by atoms with van der Waals surface area (Å²) in [4.78, 5) is 4.02. The van der Waals surface area contributed by atoms with Crippen molar-refractivity contribution >= 4 is 15.9 Å². The van der Waals surface area contributed by atoms with Gasteiger partial charge in [-0.25, -0.2) is 4.39 Å². The van der Waals surface area contributed by atoms with E-state index in [0.29, 0.717) is 12.1 Å². The first-order valence-corrected chi connectivity index (χ1v) is 6.89. The summed E-state index contributed by atoms with van der Waals surface area (Å²) >= 11 is 3.56. The number of hydrogen-bond donors (Lipinski definition) is 1. The van der Waals surface area contributed by atoms with Gasteiger partial charge in [0, 0.05) is 13.5 Å². The minimum atomic E-state index is -0.356. The number of nitrogens with two attached hydrogens (primary N) is 1. The lowest BCUT2D eigenvalue weighted by Gasteiger charge is -2.11. The van der Waals surface area contributed by atoms with Crippen LogP contribution in [0.1, 0.15) is 30.0 Å². The average Bonchev–Trinajstić information content (AvgIpc) is 2.67. The Morgan fingerprint density at radius 2 is 2.21 bits per heavy atom. The van der Waals surface area contributed by atoms with Gasteiger partial charge in [-0.1, -0.05) is 6.92 Å². The van der Waals surface area contributed by atoms with Crippen LogP contribution in [0.2, 0.25) is 0 Å². The van der Waals surface area contributed by atoms with Crippen molar-refractivity contribution in [2.24, 2.45) is 12.8 Å². The second-order valence-corrected chi connectivity index (χ2v) is 5.19. The van der Waals surface area contributed by atoms with Crippen LogP contribution in [-0.4, -0.2) is 14.8 Å². The zero-order chi connectivity index (χ0) is 14.0. The van der Waals surface area contributed by atoms with E-state index < -0.39 is 0 Å². The summed E-state index contributed by atoms with van der Waals surface area (Å²) < 4.78 is 15.7. The van der Waals surface area contributed by atoms with E-state index >= 15 is 0 Å². The molecule has 6 heteroatoms. The average molecular weight is 327 g/mol. The molecule has 2 aromatic heterocycles. The molecule has 4 nitrogen and oxygen atoms in total. The van der Waals surface area contributed by atoms with E-state index in [9.17, 15) is 4.39 Å². The van der Waals surface area contributed by atoms with Gasteiger partial charge in [0.1, 0.15) is 5.82 Å². The van der Waals surface area contributed by atoms with Crippen LogP contribution < -0.4 is 5.73 Å². The normalized spacial score (nSPS) is 12.7. The van der Waals surface area contributed by atoms with Crippen LogP contribution >= 0.6 is 15.9 Å². The Balaban J connectivity index is 2.21. The van der Waals surface area contributed by atoms with Crippen LogP contribution in [0.25, 0.3) is 0 Å². The van der Waals surface area contributed by atoms with Gasteiger partial charge < -0.3 is 5.73 Å². The summed E-state index contributed by atoms with van der Waals surface area (Å²) in [5, 5.41) is 4.42. The van der Waals surface area contributed by atoms with Crippen molar-refractivity contribution in [1.82, 2.24) is 14.8 Å². The Morgan fingerprint density at radius 1 is 1.47 bits per heavy atom. The van der Waals surface area contributed by atoms with E-state index in [1.165, 1.54) is 12.3 Å².